The Balaban J connectivity index is 2.20. The molecule has 1 N–H and O–H groups in total. The first-order chi connectivity index (χ1) is 15.2. The molecule has 3 atom stereocenters. The van der Waals surface area contributed by atoms with E-state index in [1.54, 1.807) is 0 Å². The van der Waals surface area contributed by atoms with E-state index in [4.69, 9.17) is 0 Å². The Morgan fingerprint density at radius 3 is 1.56 bits per heavy atom. The van der Waals surface area contributed by atoms with Crippen LogP contribution in [0, 0.1) is 11.8 Å². The average molecular weight is 449 g/mol. The number of benzene rings is 3. The van der Waals surface area contributed by atoms with Gasteiger partial charge < -0.3 is 0 Å². The SMILES string of the molecule is CC(C)C1CCC(C)(c2ccccc2)C(c2ccccc2)(c2ccccc2)C1S(=O)(=O)O. The maximum atomic E-state index is 13.3. The summed E-state index contributed by atoms with van der Waals surface area (Å²) in [6.07, 6.45) is 1.55. The molecule has 0 bridgehead atoms. The molecule has 0 spiro atoms. The molecule has 1 aliphatic carbocycles. The Bertz CT molecular complexity index is 1100. The van der Waals surface area contributed by atoms with Crippen molar-refractivity contribution in [1.29, 1.82) is 0 Å². The highest BCUT2D eigenvalue weighted by Crippen LogP contribution is 2.61. The predicted molar refractivity (Wildman–Crippen MR) is 130 cm³/mol. The molecule has 1 saturated carbocycles. The first-order valence-corrected chi connectivity index (χ1v) is 12.9. The summed E-state index contributed by atoms with van der Waals surface area (Å²) in [5.74, 6) is -0.0729. The van der Waals surface area contributed by atoms with Crippen LogP contribution in [0.3, 0.4) is 0 Å². The molecule has 0 radical (unpaired) electrons. The molecule has 1 aliphatic rings. The van der Waals surface area contributed by atoms with E-state index in [9.17, 15) is 13.0 Å². The Morgan fingerprint density at radius 2 is 1.19 bits per heavy atom. The van der Waals surface area contributed by atoms with Gasteiger partial charge in [0.25, 0.3) is 10.1 Å². The van der Waals surface area contributed by atoms with Crippen LogP contribution >= 0.6 is 0 Å². The van der Waals surface area contributed by atoms with Crippen LogP contribution < -0.4 is 0 Å². The zero-order valence-electron chi connectivity index (χ0n) is 19.0. The van der Waals surface area contributed by atoms with Crippen LogP contribution in [0.1, 0.15) is 50.3 Å². The maximum Gasteiger partial charge on any atom is 0.269 e. The topological polar surface area (TPSA) is 54.4 Å². The molecule has 3 nitrogen and oxygen atoms in total. The van der Waals surface area contributed by atoms with Gasteiger partial charge in [0.2, 0.25) is 0 Å². The maximum absolute atomic E-state index is 13.3. The lowest BCUT2D eigenvalue weighted by molar-refractivity contribution is 0.117. The number of hydrogen-bond acceptors (Lipinski definition) is 2. The summed E-state index contributed by atoms with van der Waals surface area (Å²) in [4.78, 5) is 0. The van der Waals surface area contributed by atoms with E-state index in [0.717, 1.165) is 29.5 Å². The summed E-state index contributed by atoms with van der Waals surface area (Å²) in [5.41, 5.74) is 1.42. The van der Waals surface area contributed by atoms with Crippen LogP contribution in [0.4, 0.5) is 0 Å². The zero-order chi connectivity index (χ0) is 23.0. The van der Waals surface area contributed by atoms with E-state index < -0.39 is 26.2 Å². The Kier molecular flexibility index (Phi) is 6.04. The highest BCUT2D eigenvalue weighted by Gasteiger charge is 2.64. The van der Waals surface area contributed by atoms with Gasteiger partial charge in [0.05, 0.1) is 0 Å². The van der Waals surface area contributed by atoms with Crippen molar-refractivity contribution < 1.29 is 13.0 Å². The summed E-state index contributed by atoms with van der Waals surface area (Å²) >= 11 is 0. The van der Waals surface area contributed by atoms with Crippen LogP contribution in [0.2, 0.25) is 0 Å². The summed E-state index contributed by atoms with van der Waals surface area (Å²) in [5, 5.41) is -0.973. The monoisotopic (exact) mass is 448 g/mol. The molecule has 0 heterocycles. The molecule has 32 heavy (non-hydrogen) atoms. The quantitative estimate of drug-likeness (QED) is 0.469. The van der Waals surface area contributed by atoms with Crippen molar-refractivity contribution in [2.75, 3.05) is 0 Å². The molecule has 0 aliphatic heterocycles. The molecule has 0 amide bonds. The largest absolute Gasteiger partial charge is 0.285 e. The third-order valence-electron chi connectivity index (χ3n) is 7.71. The molecule has 4 heteroatoms. The van der Waals surface area contributed by atoms with Crippen molar-refractivity contribution >= 4 is 10.1 Å². The molecule has 0 aromatic heterocycles. The molecule has 3 unspecified atom stereocenters. The highest BCUT2D eigenvalue weighted by atomic mass is 32.2. The van der Waals surface area contributed by atoms with Gasteiger partial charge >= 0.3 is 0 Å². The normalized spacial score (nSPS) is 25.5. The average Bonchev–Trinajstić information content (AvgIpc) is 2.80. The van der Waals surface area contributed by atoms with E-state index in [1.165, 1.54) is 0 Å². The van der Waals surface area contributed by atoms with Gasteiger partial charge in [-0.15, -0.1) is 0 Å². The summed E-state index contributed by atoms with van der Waals surface area (Å²) in [6, 6.07) is 30.0. The van der Waals surface area contributed by atoms with Gasteiger partial charge in [-0.05, 0) is 41.4 Å². The fourth-order valence-corrected chi connectivity index (χ4v) is 8.15. The summed E-state index contributed by atoms with van der Waals surface area (Å²) < 4.78 is 37.5. The first-order valence-electron chi connectivity index (χ1n) is 11.4. The van der Waals surface area contributed by atoms with Crippen LogP contribution in [-0.4, -0.2) is 18.2 Å². The van der Waals surface area contributed by atoms with Crippen molar-refractivity contribution in [2.24, 2.45) is 11.8 Å². The van der Waals surface area contributed by atoms with Gasteiger partial charge in [0.15, 0.2) is 0 Å². The summed E-state index contributed by atoms with van der Waals surface area (Å²) in [6.45, 7) is 6.31. The minimum atomic E-state index is -4.40. The van der Waals surface area contributed by atoms with Crippen LogP contribution in [-0.2, 0) is 20.9 Å². The van der Waals surface area contributed by atoms with Crippen LogP contribution in [0.5, 0.6) is 0 Å². The Labute approximate surface area is 192 Å². The van der Waals surface area contributed by atoms with Crippen molar-refractivity contribution in [3.8, 4) is 0 Å². The molecule has 1 fully saturated rings. The van der Waals surface area contributed by atoms with Gasteiger partial charge in [-0.25, -0.2) is 0 Å². The third-order valence-corrected chi connectivity index (χ3v) is 9.05. The lowest BCUT2D eigenvalue weighted by atomic mass is 9.46. The molecule has 3 aromatic rings. The molecular formula is C28H32O3S. The van der Waals surface area contributed by atoms with Gasteiger partial charge in [0.1, 0.15) is 5.25 Å². The van der Waals surface area contributed by atoms with Crippen molar-refractivity contribution in [1.82, 2.24) is 0 Å². The number of rotatable bonds is 5. The lowest BCUT2D eigenvalue weighted by Crippen LogP contribution is -2.64. The minimum Gasteiger partial charge on any atom is -0.285 e. The van der Waals surface area contributed by atoms with Gasteiger partial charge in [-0.1, -0.05) is 112 Å². The fourth-order valence-electron chi connectivity index (χ4n) is 6.28. The Morgan fingerprint density at radius 1 is 0.781 bits per heavy atom. The van der Waals surface area contributed by atoms with Crippen LogP contribution in [0.25, 0.3) is 0 Å². The highest BCUT2D eigenvalue weighted by molar-refractivity contribution is 7.86. The van der Waals surface area contributed by atoms with E-state index in [1.807, 2.05) is 78.9 Å². The second-order valence-electron chi connectivity index (χ2n) is 9.62. The molecular weight excluding hydrogens is 416 g/mol. The number of hydrogen-bond donors (Lipinski definition) is 1. The van der Waals surface area contributed by atoms with Crippen molar-refractivity contribution in [2.45, 2.75) is 49.7 Å². The van der Waals surface area contributed by atoms with Gasteiger partial charge in [0, 0.05) is 10.8 Å². The molecule has 0 saturated heterocycles. The second kappa shape index (κ2) is 8.49. The molecule has 168 valence electrons. The summed E-state index contributed by atoms with van der Waals surface area (Å²) in [7, 11) is -4.40. The van der Waals surface area contributed by atoms with Gasteiger partial charge in [-0.3, -0.25) is 4.55 Å². The van der Waals surface area contributed by atoms with Crippen LogP contribution in [0.15, 0.2) is 91.0 Å². The minimum absolute atomic E-state index is 0.106. The third kappa shape index (κ3) is 3.50. The smallest absolute Gasteiger partial charge is 0.269 e. The first kappa shape index (κ1) is 22.8. The van der Waals surface area contributed by atoms with Crippen molar-refractivity contribution in [3.63, 3.8) is 0 Å². The second-order valence-corrected chi connectivity index (χ2v) is 11.2. The predicted octanol–water partition coefficient (Wildman–Crippen LogP) is 6.25. The molecule has 3 aromatic carbocycles. The van der Waals surface area contributed by atoms with E-state index in [-0.39, 0.29) is 11.8 Å². The van der Waals surface area contributed by atoms with E-state index in [2.05, 4.69) is 32.9 Å². The zero-order valence-corrected chi connectivity index (χ0v) is 19.8. The lowest BCUT2D eigenvalue weighted by Gasteiger charge is -2.59. The van der Waals surface area contributed by atoms with E-state index >= 15 is 0 Å². The fraction of sp³-hybridized carbons (Fsp3) is 0.357. The van der Waals surface area contributed by atoms with Gasteiger partial charge in [-0.2, -0.15) is 8.42 Å². The standard InChI is InChI=1S/C28H32O3S/c1-21(2)25-19-20-27(3,22-13-7-4-8-14-22)28(26(25)32(29,30)31,23-15-9-5-10-16-23)24-17-11-6-12-18-24/h4-18,21,25-26H,19-20H2,1-3H3,(H,29,30,31). The molecule has 4 rings (SSSR count). The Hall–Kier alpha value is -2.43. The van der Waals surface area contributed by atoms with E-state index in [0.29, 0.717) is 0 Å². The van der Waals surface area contributed by atoms with Crippen molar-refractivity contribution in [3.05, 3.63) is 108 Å².